The highest BCUT2D eigenvalue weighted by Gasteiger charge is 2.61. The minimum atomic E-state index is -4.49. The first kappa shape index (κ1) is 14.4. The minimum absolute atomic E-state index is 0.174. The zero-order valence-corrected chi connectivity index (χ0v) is 10.7. The molecule has 2 unspecified atom stereocenters. The van der Waals surface area contributed by atoms with E-state index in [0.717, 1.165) is 19.3 Å². The maximum absolute atomic E-state index is 13.1. The molecule has 6 heteroatoms. The lowest BCUT2D eigenvalue weighted by Crippen LogP contribution is -2.52. The maximum Gasteiger partial charge on any atom is 0.404 e. The molecular formula is C13H19F3N2O. The highest BCUT2D eigenvalue weighted by atomic mass is 19.4. The van der Waals surface area contributed by atoms with Gasteiger partial charge in [0, 0.05) is 13.1 Å². The molecule has 2 aliphatic rings. The standard InChI is InChI=1S/C13H19F3N2O/c14-13(15,16)12(6-7-17-9-12)11(19)18-8-10-4-2-1-3-5-10/h1-2,10,17H,3-9H2,(H,18,19). The summed E-state index contributed by atoms with van der Waals surface area (Å²) >= 11 is 0. The fourth-order valence-electron chi connectivity index (χ4n) is 2.70. The van der Waals surface area contributed by atoms with Crippen LogP contribution in [-0.4, -0.2) is 31.7 Å². The molecule has 1 aliphatic carbocycles. The van der Waals surface area contributed by atoms with Crippen LogP contribution in [0.1, 0.15) is 25.7 Å². The molecule has 19 heavy (non-hydrogen) atoms. The third-order valence-corrected chi connectivity index (χ3v) is 4.06. The fraction of sp³-hybridized carbons (Fsp3) is 0.769. The maximum atomic E-state index is 13.1. The fourth-order valence-corrected chi connectivity index (χ4v) is 2.70. The zero-order valence-electron chi connectivity index (χ0n) is 10.7. The summed E-state index contributed by atoms with van der Waals surface area (Å²) in [6.45, 7) is 0.257. The minimum Gasteiger partial charge on any atom is -0.355 e. The van der Waals surface area contributed by atoms with E-state index in [4.69, 9.17) is 0 Å². The Kier molecular flexibility index (Phi) is 4.18. The Hall–Kier alpha value is -1.04. The van der Waals surface area contributed by atoms with Crippen molar-refractivity contribution in [1.29, 1.82) is 0 Å². The van der Waals surface area contributed by atoms with E-state index in [-0.39, 0.29) is 25.4 Å². The molecule has 2 N–H and O–H groups in total. The summed E-state index contributed by atoms with van der Waals surface area (Å²) in [7, 11) is 0. The molecule has 0 aromatic heterocycles. The molecule has 0 saturated carbocycles. The van der Waals surface area contributed by atoms with Crippen LogP contribution < -0.4 is 10.6 Å². The normalized spacial score (nSPS) is 31.4. The average Bonchev–Trinajstić information content (AvgIpc) is 2.87. The van der Waals surface area contributed by atoms with Gasteiger partial charge in [-0.25, -0.2) is 0 Å². The van der Waals surface area contributed by atoms with E-state index in [9.17, 15) is 18.0 Å². The molecule has 0 radical (unpaired) electrons. The van der Waals surface area contributed by atoms with Gasteiger partial charge < -0.3 is 10.6 Å². The van der Waals surface area contributed by atoms with Gasteiger partial charge >= 0.3 is 6.18 Å². The van der Waals surface area contributed by atoms with Gasteiger partial charge in [-0.05, 0) is 38.1 Å². The van der Waals surface area contributed by atoms with E-state index in [0.29, 0.717) is 6.54 Å². The molecule has 108 valence electrons. The topological polar surface area (TPSA) is 41.1 Å². The van der Waals surface area contributed by atoms with Gasteiger partial charge in [0.05, 0.1) is 0 Å². The average molecular weight is 276 g/mol. The number of carbonyl (C=O) groups is 1. The van der Waals surface area contributed by atoms with Gasteiger partial charge in [-0.1, -0.05) is 12.2 Å². The van der Waals surface area contributed by atoms with E-state index in [1.807, 2.05) is 6.08 Å². The van der Waals surface area contributed by atoms with Crippen LogP contribution in [0.2, 0.25) is 0 Å². The van der Waals surface area contributed by atoms with E-state index >= 15 is 0 Å². The molecule has 0 spiro atoms. The predicted molar refractivity (Wildman–Crippen MR) is 65.5 cm³/mol. The Morgan fingerprint density at radius 3 is 2.74 bits per heavy atom. The van der Waals surface area contributed by atoms with Gasteiger partial charge in [0.1, 0.15) is 0 Å². The molecule has 2 atom stereocenters. The van der Waals surface area contributed by atoms with Crippen LogP contribution >= 0.6 is 0 Å². The Morgan fingerprint density at radius 1 is 1.42 bits per heavy atom. The molecule has 3 nitrogen and oxygen atoms in total. The molecule has 0 aromatic rings. The van der Waals surface area contributed by atoms with Crippen molar-refractivity contribution in [3.05, 3.63) is 12.2 Å². The van der Waals surface area contributed by atoms with Crippen molar-refractivity contribution < 1.29 is 18.0 Å². The van der Waals surface area contributed by atoms with Crippen molar-refractivity contribution in [2.45, 2.75) is 31.9 Å². The molecule has 1 fully saturated rings. The largest absolute Gasteiger partial charge is 0.404 e. The Morgan fingerprint density at radius 2 is 2.21 bits per heavy atom. The van der Waals surface area contributed by atoms with Gasteiger partial charge in [0.15, 0.2) is 5.41 Å². The lowest BCUT2D eigenvalue weighted by Gasteiger charge is -2.30. The summed E-state index contributed by atoms with van der Waals surface area (Å²) in [5.41, 5.74) is -2.24. The van der Waals surface area contributed by atoms with Gasteiger partial charge in [-0.2, -0.15) is 13.2 Å². The van der Waals surface area contributed by atoms with Crippen LogP contribution in [0.3, 0.4) is 0 Å². The second-order valence-corrected chi connectivity index (χ2v) is 5.37. The Bertz CT molecular complexity index is 359. The molecule has 2 rings (SSSR count). The van der Waals surface area contributed by atoms with Gasteiger partial charge in [0.2, 0.25) is 5.91 Å². The predicted octanol–water partition coefficient (Wildman–Crippen LogP) is 2.00. The van der Waals surface area contributed by atoms with Gasteiger partial charge in [0.25, 0.3) is 0 Å². The van der Waals surface area contributed by atoms with E-state index < -0.39 is 17.5 Å². The molecule has 1 heterocycles. The second kappa shape index (κ2) is 5.53. The number of hydrogen-bond donors (Lipinski definition) is 2. The highest BCUT2D eigenvalue weighted by Crippen LogP contribution is 2.43. The first-order chi connectivity index (χ1) is 8.96. The lowest BCUT2D eigenvalue weighted by atomic mass is 9.84. The summed E-state index contributed by atoms with van der Waals surface area (Å²) in [5.74, 6) is -0.617. The molecule has 0 bridgehead atoms. The number of rotatable bonds is 3. The number of carbonyl (C=O) groups excluding carboxylic acids is 1. The van der Waals surface area contributed by atoms with Crippen LogP contribution in [0.25, 0.3) is 0 Å². The smallest absolute Gasteiger partial charge is 0.355 e. The van der Waals surface area contributed by atoms with Gasteiger partial charge in [-0.15, -0.1) is 0 Å². The molecular weight excluding hydrogens is 257 g/mol. The summed E-state index contributed by atoms with van der Waals surface area (Å²) in [6.07, 6.45) is 2.12. The molecule has 1 saturated heterocycles. The van der Waals surface area contributed by atoms with Crippen LogP contribution in [0.5, 0.6) is 0 Å². The summed E-state index contributed by atoms with van der Waals surface area (Å²) in [4.78, 5) is 12.0. The Labute approximate surface area is 110 Å². The van der Waals surface area contributed by atoms with Crippen molar-refractivity contribution in [3.63, 3.8) is 0 Å². The Balaban J connectivity index is 1.95. The summed E-state index contributed by atoms with van der Waals surface area (Å²) < 4.78 is 39.4. The molecule has 0 aromatic carbocycles. The number of allylic oxidation sites excluding steroid dienone is 2. The van der Waals surface area contributed by atoms with Crippen molar-refractivity contribution in [1.82, 2.24) is 10.6 Å². The van der Waals surface area contributed by atoms with E-state index in [2.05, 4.69) is 16.7 Å². The van der Waals surface area contributed by atoms with Crippen LogP contribution in [-0.2, 0) is 4.79 Å². The van der Waals surface area contributed by atoms with Crippen molar-refractivity contribution in [3.8, 4) is 0 Å². The third kappa shape index (κ3) is 2.94. The summed E-state index contributed by atoms with van der Waals surface area (Å²) in [6, 6.07) is 0. The lowest BCUT2D eigenvalue weighted by molar-refractivity contribution is -0.216. The molecule has 1 amide bonds. The quantitative estimate of drug-likeness (QED) is 0.774. The number of amides is 1. The van der Waals surface area contributed by atoms with Crippen molar-refractivity contribution >= 4 is 5.91 Å². The van der Waals surface area contributed by atoms with Gasteiger partial charge in [-0.3, -0.25) is 4.79 Å². The van der Waals surface area contributed by atoms with Crippen LogP contribution in [0, 0.1) is 11.3 Å². The van der Waals surface area contributed by atoms with E-state index in [1.54, 1.807) is 0 Å². The third-order valence-electron chi connectivity index (χ3n) is 4.06. The SMILES string of the molecule is O=C(NCC1CC=CCC1)C1(C(F)(F)F)CCNC1. The first-order valence-electron chi connectivity index (χ1n) is 6.66. The summed E-state index contributed by atoms with van der Waals surface area (Å²) in [5, 5.41) is 5.16. The van der Waals surface area contributed by atoms with E-state index in [1.165, 1.54) is 0 Å². The second-order valence-electron chi connectivity index (χ2n) is 5.37. The highest BCUT2D eigenvalue weighted by molar-refractivity contribution is 5.84. The number of hydrogen-bond acceptors (Lipinski definition) is 2. The van der Waals surface area contributed by atoms with Crippen molar-refractivity contribution in [2.24, 2.45) is 11.3 Å². The van der Waals surface area contributed by atoms with Crippen molar-refractivity contribution in [2.75, 3.05) is 19.6 Å². The number of alkyl halides is 3. The number of nitrogens with one attached hydrogen (secondary N) is 2. The zero-order chi connectivity index (χ0) is 13.9. The van der Waals surface area contributed by atoms with Crippen LogP contribution in [0.4, 0.5) is 13.2 Å². The number of halogens is 3. The monoisotopic (exact) mass is 276 g/mol. The van der Waals surface area contributed by atoms with Crippen LogP contribution in [0.15, 0.2) is 12.2 Å². The molecule has 1 aliphatic heterocycles. The first-order valence-corrected chi connectivity index (χ1v) is 6.66.